The fraction of sp³-hybridized carbons (Fsp3) is 0.429. The Hall–Kier alpha value is -1.55. The summed E-state index contributed by atoms with van der Waals surface area (Å²) in [5, 5.41) is 11.8. The molecule has 1 aromatic carbocycles. The van der Waals surface area contributed by atoms with Crippen molar-refractivity contribution in [3.63, 3.8) is 0 Å². The van der Waals surface area contributed by atoms with Gasteiger partial charge < -0.3 is 9.73 Å². The molecule has 0 saturated carbocycles. The van der Waals surface area contributed by atoms with E-state index in [1.54, 1.807) is 6.92 Å². The minimum atomic E-state index is 0.0119. The van der Waals surface area contributed by atoms with E-state index in [2.05, 4.69) is 42.4 Å². The highest BCUT2D eigenvalue weighted by atomic mass is 35.5. The Kier molecular flexibility index (Phi) is 3.80. The second-order valence-corrected chi connectivity index (χ2v) is 5.89. The van der Waals surface area contributed by atoms with Crippen LogP contribution in [0.5, 0.6) is 0 Å². The quantitative estimate of drug-likeness (QED) is 0.924. The van der Waals surface area contributed by atoms with E-state index >= 15 is 0 Å². The molecule has 0 aliphatic carbocycles. The summed E-state index contributed by atoms with van der Waals surface area (Å²) >= 11 is 6.28. The molecule has 0 amide bonds. The van der Waals surface area contributed by atoms with Crippen molar-refractivity contribution in [3.8, 4) is 0 Å². The minimum absolute atomic E-state index is 0.0119. The van der Waals surface area contributed by atoms with E-state index in [9.17, 15) is 0 Å². The molecule has 2 aromatic rings. The monoisotopic (exact) mass is 279 g/mol. The van der Waals surface area contributed by atoms with Crippen molar-refractivity contribution in [1.82, 2.24) is 10.2 Å². The molecule has 0 radical (unpaired) electrons. The standard InChI is InChI=1S/C14H18ClN3O/c1-9-17-18-12(19-9)8-16-13-10(14(2,3)4)6-5-7-11(13)15/h5-7,16H,8H2,1-4H3. The van der Waals surface area contributed by atoms with Gasteiger partial charge in [-0.15, -0.1) is 10.2 Å². The first-order valence-corrected chi connectivity index (χ1v) is 6.57. The van der Waals surface area contributed by atoms with Crippen molar-refractivity contribution < 1.29 is 4.42 Å². The molecule has 1 heterocycles. The highest BCUT2D eigenvalue weighted by molar-refractivity contribution is 6.33. The number of rotatable bonds is 3. The Morgan fingerprint density at radius 1 is 1.26 bits per heavy atom. The van der Waals surface area contributed by atoms with E-state index in [4.69, 9.17) is 16.0 Å². The third kappa shape index (κ3) is 3.26. The summed E-state index contributed by atoms with van der Waals surface area (Å²) in [4.78, 5) is 0. The zero-order valence-corrected chi connectivity index (χ0v) is 12.4. The van der Waals surface area contributed by atoms with Crippen LogP contribution in [-0.4, -0.2) is 10.2 Å². The van der Waals surface area contributed by atoms with Crippen molar-refractivity contribution in [3.05, 3.63) is 40.6 Å². The summed E-state index contributed by atoms with van der Waals surface area (Å²) in [5.74, 6) is 1.12. The number of anilines is 1. The molecular weight excluding hydrogens is 262 g/mol. The third-order valence-electron chi connectivity index (χ3n) is 2.81. The maximum Gasteiger partial charge on any atom is 0.235 e. The van der Waals surface area contributed by atoms with E-state index in [1.165, 1.54) is 0 Å². The summed E-state index contributed by atoms with van der Waals surface area (Å²) in [7, 11) is 0. The molecular formula is C14H18ClN3O. The molecule has 0 aliphatic heterocycles. The Morgan fingerprint density at radius 2 is 2.00 bits per heavy atom. The normalized spacial score (nSPS) is 11.6. The first-order chi connectivity index (χ1) is 8.88. The fourth-order valence-electron chi connectivity index (χ4n) is 1.90. The zero-order chi connectivity index (χ0) is 14.0. The van der Waals surface area contributed by atoms with Gasteiger partial charge in [-0.3, -0.25) is 0 Å². The molecule has 102 valence electrons. The molecule has 0 spiro atoms. The van der Waals surface area contributed by atoms with Gasteiger partial charge in [-0.1, -0.05) is 44.5 Å². The van der Waals surface area contributed by atoms with E-state index in [-0.39, 0.29) is 5.41 Å². The first kappa shape index (κ1) is 13.9. The number of aryl methyl sites for hydroxylation is 1. The van der Waals surface area contributed by atoms with Crippen LogP contribution in [-0.2, 0) is 12.0 Å². The van der Waals surface area contributed by atoms with Crippen molar-refractivity contribution in [2.24, 2.45) is 0 Å². The number of para-hydroxylation sites is 1. The van der Waals surface area contributed by atoms with Gasteiger partial charge in [0.2, 0.25) is 11.8 Å². The second kappa shape index (κ2) is 5.21. The van der Waals surface area contributed by atoms with Gasteiger partial charge in [0.15, 0.2) is 0 Å². The summed E-state index contributed by atoms with van der Waals surface area (Å²) in [6.07, 6.45) is 0. The second-order valence-electron chi connectivity index (χ2n) is 5.48. The van der Waals surface area contributed by atoms with Gasteiger partial charge in [-0.25, -0.2) is 0 Å². The molecule has 0 unspecified atom stereocenters. The summed E-state index contributed by atoms with van der Waals surface area (Å²) in [5.41, 5.74) is 2.10. The van der Waals surface area contributed by atoms with Gasteiger partial charge in [0.25, 0.3) is 0 Å². The summed E-state index contributed by atoms with van der Waals surface area (Å²) in [6, 6.07) is 5.91. The predicted molar refractivity (Wildman–Crippen MR) is 76.5 cm³/mol. The Morgan fingerprint density at radius 3 is 2.58 bits per heavy atom. The van der Waals surface area contributed by atoms with Crippen LogP contribution in [0.1, 0.15) is 38.1 Å². The van der Waals surface area contributed by atoms with Crippen LogP contribution in [0.3, 0.4) is 0 Å². The Bertz CT molecular complexity index is 572. The third-order valence-corrected chi connectivity index (χ3v) is 3.12. The number of halogens is 1. The van der Waals surface area contributed by atoms with Crippen molar-refractivity contribution in [2.75, 3.05) is 5.32 Å². The lowest BCUT2D eigenvalue weighted by Crippen LogP contribution is -2.15. The zero-order valence-electron chi connectivity index (χ0n) is 11.6. The average Bonchev–Trinajstić information content (AvgIpc) is 2.72. The van der Waals surface area contributed by atoms with Crippen LogP contribution >= 0.6 is 11.6 Å². The molecule has 4 nitrogen and oxygen atoms in total. The fourth-order valence-corrected chi connectivity index (χ4v) is 2.14. The van der Waals surface area contributed by atoms with Crippen LogP contribution in [0.4, 0.5) is 5.69 Å². The molecule has 0 aliphatic rings. The smallest absolute Gasteiger partial charge is 0.235 e. The molecule has 0 fully saturated rings. The molecule has 2 rings (SSSR count). The van der Waals surface area contributed by atoms with Gasteiger partial charge in [-0.2, -0.15) is 0 Å². The van der Waals surface area contributed by atoms with Gasteiger partial charge in [0.1, 0.15) is 0 Å². The summed E-state index contributed by atoms with van der Waals surface area (Å²) < 4.78 is 5.34. The molecule has 0 bridgehead atoms. The van der Waals surface area contributed by atoms with E-state index < -0.39 is 0 Å². The van der Waals surface area contributed by atoms with E-state index in [0.29, 0.717) is 23.3 Å². The Balaban J connectivity index is 2.24. The molecule has 5 heteroatoms. The first-order valence-electron chi connectivity index (χ1n) is 6.20. The van der Waals surface area contributed by atoms with Crippen LogP contribution < -0.4 is 5.32 Å². The molecule has 0 saturated heterocycles. The van der Waals surface area contributed by atoms with Crippen LogP contribution in [0.25, 0.3) is 0 Å². The SMILES string of the molecule is Cc1nnc(CNc2c(Cl)cccc2C(C)(C)C)o1. The number of hydrogen-bond acceptors (Lipinski definition) is 4. The lowest BCUT2D eigenvalue weighted by molar-refractivity contribution is 0.474. The average molecular weight is 280 g/mol. The number of nitrogens with one attached hydrogen (secondary N) is 1. The largest absolute Gasteiger partial charge is 0.424 e. The highest BCUT2D eigenvalue weighted by Crippen LogP contribution is 2.34. The number of benzene rings is 1. The van der Waals surface area contributed by atoms with Gasteiger partial charge in [0.05, 0.1) is 17.3 Å². The predicted octanol–water partition coefficient (Wildman–Crippen LogP) is 3.94. The van der Waals surface area contributed by atoms with E-state index in [1.807, 2.05) is 12.1 Å². The molecule has 1 N–H and O–H groups in total. The molecule has 1 aromatic heterocycles. The van der Waals surface area contributed by atoms with Crippen LogP contribution in [0.15, 0.2) is 22.6 Å². The number of aromatic nitrogens is 2. The van der Waals surface area contributed by atoms with Crippen molar-refractivity contribution >= 4 is 17.3 Å². The van der Waals surface area contributed by atoms with Gasteiger partial charge >= 0.3 is 0 Å². The van der Waals surface area contributed by atoms with Gasteiger partial charge in [-0.05, 0) is 17.0 Å². The minimum Gasteiger partial charge on any atom is -0.424 e. The van der Waals surface area contributed by atoms with Crippen molar-refractivity contribution in [1.29, 1.82) is 0 Å². The number of hydrogen-bond donors (Lipinski definition) is 1. The lowest BCUT2D eigenvalue weighted by atomic mass is 9.86. The lowest BCUT2D eigenvalue weighted by Gasteiger charge is -2.24. The molecule has 19 heavy (non-hydrogen) atoms. The van der Waals surface area contributed by atoms with Crippen LogP contribution in [0.2, 0.25) is 5.02 Å². The van der Waals surface area contributed by atoms with Gasteiger partial charge in [0, 0.05) is 6.92 Å². The maximum absolute atomic E-state index is 6.28. The highest BCUT2D eigenvalue weighted by Gasteiger charge is 2.19. The summed E-state index contributed by atoms with van der Waals surface area (Å²) in [6.45, 7) is 8.70. The molecule has 0 atom stereocenters. The van der Waals surface area contributed by atoms with E-state index in [0.717, 1.165) is 11.3 Å². The Labute approximate surface area is 118 Å². The van der Waals surface area contributed by atoms with Crippen molar-refractivity contribution in [2.45, 2.75) is 39.7 Å². The number of nitrogens with zero attached hydrogens (tertiary/aromatic N) is 2. The topological polar surface area (TPSA) is 51.0 Å². The maximum atomic E-state index is 6.28. The van der Waals surface area contributed by atoms with Crippen LogP contribution in [0, 0.1) is 6.92 Å².